The van der Waals surface area contributed by atoms with E-state index in [1.165, 1.54) is 6.42 Å². The third-order valence-electron chi connectivity index (χ3n) is 5.77. The lowest BCUT2D eigenvalue weighted by molar-refractivity contribution is -0.137. The summed E-state index contributed by atoms with van der Waals surface area (Å²) < 4.78 is 28.4. The zero-order valence-electron chi connectivity index (χ0n) is 14.9. The molecule has 2 aliphatic carbocycles. The number of fused-ring (bicyclic) bond motifs is 2. The summed E-state index contributed by atoms with van der Waals surface area (Å²) in [5, 5.41) is 8.66. The van der Waals surface area contributed by atoms with Crippen LogP contribution in [0.4, 0.5) is 0 Å². The zero-order valence-corrected chi connectivity index (χ0v) is 15.7. The van der Waals surface area contributed by atoms with Gasteiger partial charge < -0.3 is 5.11 Å². The molecule has 3 rings (SSSR count). The summed E-state index contributed by atoms with van der Waals surface area (Å²) >= 11 is 0. The summed E-state index contributed by atoms with van der Waals surface area (Å²) in [5.74, 6) is 0.598. The Labute approximate surface area is 155 Å². The van der Waals surface area contributed by atoms with E-state index in [1.54, 1.807) is 24.3 Å². The maximum Gasteiger partial charge on any atom is 0.303 e. The van der Waals surface area contributed by atoms with Crippen LogP contribution >= 0.6 is 0 Å². The molecule has 1 aromatic carbocycles. The number of unbranched alkanes of at least 4 members (excludes halogenated alkanes) is 1. The van der Waals surface area contributed by atoms with Crippen LogP contribution in [-0.2, 0) is 14.8 Å². The Bertz CT molecular complexity index is 744. The van der Waals surface area contributed by atoms with E-state index in [9.17, 15) is 13.2 Å². The first kappa shape index (κ1) is 19.1. The van der Waals surface area contributed by atoms with Crippen molar-refractivity contribution in [1.29, 1.82) is 0 Å². The van der Waals surface area contributed by atoms with Gasteiger partial charge in [0.2, 0.25) is 10.0 Å². The normalized spacial score (nSPS) is 28.0. The molecule has 2 aliphatic rings. The number of rotatable bonds is 9. The van der Waals surface area contributed by atoms with Gasteiger partial charge in [0, 0.05) is 12.5 Å². The molecule has 0 amide bonds. The van der Waals surface area contributed by atoms with Crippen LogP contribution in [-0.4, -0.2) is 25.5 Å². The fourth-order valence-electron chi connectivity index (χ4n) is 4.52. The van der Waals surface area contributed by atoms with Crippen molar-refractivity contribution in [1.82, 2.24) is 4.72 Å². The minimum atomic E-state index is -3.49. The van der Waals surface area contributed by atoms with Crippen molar-refractivity contribution in [2.45, 2.75) is 55.9 Å². The highest BCUT2D eigenvalue weighted by molar-refractivity contribution is 7.89. The Hall–Kier alpha value is -1.66. The van der Waals surface area contributed by atoms with E-state index in [-0.39, 0.29) is 12.5 Å². The van der Waals surface area contributed by atoms with Crippen molar-refractivity contribution in [3.63, 3.8) is 0 Å². The lowest BCUT2D eigenvalue weighted by Gasteiger charge is -2.31. The molecule has 2 saturated carbocycles. The molecule has 0 unspecified atom stereocenters. The number of hydrogen-bond donors (Lipinski definition) is 2. The SMILES string of the molecule is O=C(O)CCC/C=C/C[C@@H]1[C@@H]2CC[C@@H](C2)[C@@H]1NS(=O)(=O)c1ccccc1. The molecule has 0 spiro atoms. The number of nitrogens with one attached hydrogen (secondary N) is 1. The van der Waals surface area contributed by atoms with Gasteiger partial charge >= 0.3 is 5.97 Å². The molecule has 1 aromatic rings. The Balaban J connectivity index is 1.60. The van der Waals surface area contributed by atoms with Crippen LogP contribution < -0.4 is 4.72 Å². The van der Waals surface area contributed by atoms with Gasteiger partial charge in [0.05, 0.1) is 4.90 Å². The molecule has 2 fully saturated rings. The zero-order chi connectivity index (χ0) is 18.6. The lowest BCUT2D eigenvalue weighted by Crippen LogP contribution is -2.43. The molecule has 6 heteroatoms. The predicted molar refractivity (Wildman–Crippen MR) is 100 cm³/mol. The summed E-state index contributed by atoms with van der Waals surface area (Å²) in [6, 6.07) is 8.57. The van der Waals surface area contributed by atoms with Crippen molar-refractivity contribution >= 4 is 16.0 Å². The number of allylic oxidation sites excluding steroid dienone is 2. The van der Waals surface area contributed by atoms with Crippen LogP contribution in [0.2, 0.25) is 0 Å². The van der Waals surface area contributed by atoms with Gasteiger partial charge in [-0.1, -0.05) is 30.4 Å². The molecular weight excluding hydrogens is 350 g/mol. The standard InChI is InChI=1S/C20H27NO4S/c22-19(23)11-7-2-1-6-10-18-15-12-13-16(14-15)20(18)21-26(24,25)17-8-4-3-5-9-17/h1,3-6,8-9,15-16,18,20-21H,2,7,10-14H2,(H,22,23)/b6-1+/t15-,16+,18-,20+/m1/s1. The second-order valence-corrected chi connectivity index (χ2v) is 9.16. The molecule has 0 aliphatic heterocycles. The fourth-order valence-corrected chi connectivity index (χ4v) is 5.90. The van der Waals surface area contributed by atoms with Crippen molar-refractivity contribution < 1.29 is 18.3 Å². The number of benzene rings is 1. The van der Waals surface area contributed by atoms with E-state index < -0.39 is 16.0 Å². The van der Waals surface area contributed by atoms with Gasteiger partial charge in [0.25, 0.3) is 0 Å². The molecular formula is C20H27NO4S. The topological polar surface area (TPSA) is 83.5 Å². The molecule has 142 valence electrons. The molecule has 0 saturated heterocycles. The quantitative estimate of drug-likeness (QED) is 0.509. The highest BCUT2D eigenvalue weighted by Crippen LogP contribution is 2.50. The van der Waals surface area contributed by atoms with Gasteiger partial charge in [-0.15, -0.1) is 0 Å². The molecule has 4 atom stereocenters. The number of aliphatic carboxylic acids is 1. The Morgan fingerprint density at radius 1 is 1.15 bits per heavy atom. The smallest absolute Gasteiger partial charge is 0.303 e. The number of sulfonamides is 1. The van der Waals surface area contributed by atoms with E-state index in [0.29, 0.717) is 29.1 Å². The molecule has 0 heterocycles. The molecule has 5 nitrogen and oxygen atoms in total. The monoisotopic (exact) mass is 377 g/mol. The summed E-state index contributed by atoms with van der Waals surface area (Å²) in [5.41, 5.74) is 0. The highest BCUT2D eigenvalue weighted by Gasteiger charge is 2.48. The second-order valence-electron chi connectivity index (χ2n) is 7.45. The fraction of sp³-hybridized carbons (Fsp3) is 0.550. The molecule has 2 N–H and O–H groups in total. The van der Waals surface area contributed by atoms with E-state index in [1.807, 2.05) is 12.1 Å². The van der Waals surface area contributed by atoms with Gasteiger partial charge in [-0.05, 0) is 68.4 Å². The minimum Gasteiger partial charge on any atom is -0.481 e. The molecule has 0 aromatic heterocycles. The summed E-state index contributed by atoms with van der Waals surface area (Å²) in [4.78, 5) is 10.9. The Kier molecular flexibility index (Phi) is 6.14. The van der Waals surface area contributed by atoms with Crippen molar-refractivity contribution in [3.8, 4) is 0 Å². The van der Waals surface area contributed by atoms with Crippen LogP contribution in [0.15, 0.2) is 47.4 Å². The Morgan fingerprint density at radius 2 is 1.88 bits per heavy atom. The first-order valence-electron chi connectivity index (χ1n) is 9.41. The third kappa shape index (κ3) is 4.54. The predicted octanol–water partition coefficient (Wildman–Crippen LogP) is 3.58. The number of hydrogen-bond acceptors (Lipinski definition) is 3. The van der Waals surface area contributed by atoms with Crippen LogP contribution in [0.5, 0.6) is 0 Å². The summed E-state index contributed by atoms with van der Waals surface area (Å²) in [7, 11) is -3.49. The summed E-state index contributed by atoms with van der Waals surface area (Å²) in [6.07, 6.45) is 10.00. The second kappa shape index (κ2) is 8.35. The van der Waals surface area contributed by atoms with E-state index in [0.717, 1.165) is 25.7 Å². The maximum atomic E-state index is 12.7. The lowest BCUT2D eigenvalue weighted by atomic mass is 9.83. The Morgan fingerprint density at radius 3 is 2.62 bits per heavy atom. The van der Waals surface area contributed by atoms with Gasteiger partial charge in [0.15, 0.2) is 0 Å². The van der Waals surface area contributed by atoms with Crippen LogP contribution in [0.3, 0.4) is 0 Å². The number of carboxylic acids is 1. The van der Waals surface area contributed by atoms with Crippen LogP contribution in [0, 0.1) is 17.8 Å². The molecule has 26 heavy (non-hydrogen) atoms. The first-order chi connectivity index (χ1) is 12.5. The molecule has 0 radical (unpaired) electrons. The first-order valence-corrected chi connectivity index (χ1v) is 10.9. The number of carboxylic acid groups (broad SMARTS) is 1. The van der Waals surface area contributed by atoms with E-state index in [4.69, 9.17) is 5.11 Å². The average molecular weight is 378 g/mol. The van der Waals surface area contributed by atoms with Crippen LogP contribution in [0.1, 0.15) is 44.9 Å². The van der Waals surface area contributed by atoms with Crippen molar-refractivity contribution in [2.75, 3.05) is 0 Å². The van der Waals surface area contributed by atoms with E-state index in [2.05, 4.69) is 10.8 Å². The average Bonchev–Trinajstić information content (AvgIpc) is 3.20. The highest BCUT2D eigenvalue weighted by atomic mass is 32.2. The van der Waals surface area contributed by atoms with Crippen molar-refractivity contribution in [2.24, 2.45) is 17.8 Å². The van der Waals surface area contributed by atoms with Gasteiger partial charge in [-0.3, -0.25) is 4.79 Å². The maximum absolute atomic E-state index is 12.7. The van der Waals surface area contributed by atoms with Gasteiger partial charge in [-0.25, -0.2) is 13.1 Å². The van der Waals surface area contributed by atoms with Gasteiger partial charge in [-0.2, -0.15) is 0 Å². The van der Waals surface area contributed by atoms with E-state index >= 15 is 0 Å². The molecule has 2 bridgehead atoms. The summed E-state index contributed by atoms with van der Waals surface area (Å²) in [6.45, 7) is 0. The van der Waals surface area contributed by atoms with Gasteiger partial charge in [0.1, 0.15) is 0 Å². The number of carbonyl (C=O) groups is 1. The minimum absolute atomic E-state index is 0.00243. The largest absolute Gasteiger partial charge is 0.481 e. The van der Waals surface area contributed by atoms with Crippen molar-refractivity contribution in [3.05, 3.63) is 42.5 Å². The van der Waals surface area contributed by atoms with Crippen LogP contribution in [0.25, 0.3) is 0 Å². The third-order valence-corrected chi connectivity index (χ3v) is 7.24.